The summed E-state index contributed by atoms with van der Waals surface area (Å²) < 4.78 is 11.8. The lowest BCUT2D eigenvalue weighted by molar-refractivity contribution is 0.0521. The van der Waals surface area contributed by atoms with E-state index in [-0.39, 0.29) is 23.3 Å². The van der Waals surface area contributed by atoms with Gasteiger partial charge in [-0.1, -0.05) is 30.3 Å². The summed E-state index contributed by atoms with van der Waals surface area (Å²) in [5.41, 5.74) is 1.06. The number of para-hydroxylation sites is 1. The third kappa shape index (κ3) is 3.36. The summed E-state index contributed by atoms with van der Waals surface area (Å²) >= 11 is 0. The second-order valence-electron chi connectivity index (χ2n) is 6.16. The molecule has 0 fully saturated rings. The number of benzene rings is 2. The zero-order chi connectivity index (χ0) is 20.4. The van der Waals surface area contributed by atoms with Gasteiger partial charge in [0.15, 0.2) is 11.3 Å². The van der Waals surface area contributed by atoms with Crippen molar-refractivity contribution in [2.24, 2.45) is 0 Å². The van der Waals surface area contributed by atoms with Gasteiger partial charge in [0.05, 0.1) is 19.4 Å². The fraction of sp³-hybridized carbons (Fsp3) is 0.143. The molecule has 0 radical (unpaired) electrons. The summed E-state index contributed by atoms with van der Waals surface area (Å²) in [5, 5.41) is 4.42. The first-order chi connectivity index (χ1) is 14.1. The molecule has 0 aliphatic rings. The van der Waals surface area contributed by atoms with Crippen LogP contribution in [0.3, 0.4) is 0 Å². The normalized spacial score (nSPS) is 10.8. The smallest absolute Gasteiger partial charge is 0.359 e. The Balaban J connectivity index is 2.00. The van der Waals surface area contributed by atoms with Gasteiger partial charge >= 0.3 is 5.97 Å². The number of methoxy groups -OCH3 is 1. The molecule has 29 heavy (non-hydrogen) atoms. The van der Waals surface area contributed by atoms with E-state index in [4.69, 9.17) is 9.47 Å². The number of H-pyrrole nitrogens is 1. The van der Waals surface area contributed by atoms with Crippen molar-refractivity contribution in [2.75, 3.05) is 13.7 Å². The molecule has 2 aromatic heterocycles. The number of hydrogen-bond donors (Lipinski definition) is 1. The van der Waals surface area contributed by atoms with Gasteiger partial charge in [-0.3, -0.25) is 4.79 Å². The molecular formula is C21H18N4O4. The van der Waals surface area contributed by atoms with Gasteiger partial charge < -0.3 is 14.5 Å². The van der Waals surface area contributed by atoms with E-state index in [1.165, 1.54) is 4.68 Å². The SMILES string of the molecule is CCOC(=O)c1nn(-c2ccccc2)c2nc(-c3cccc(OC)c3)[nH]c(=O)c12. The molecule has 0 aliphatic heterocycles. The largest absolute Gasteiger partial charge is 0.497 e. The van der Waals surface area contributed by atoms with Crippen LogP contribution >= 0.6 is 0 Å². The van der Waals surface area contributed by atoms with Gasteiger partial charge in [0, 0.05) is 5.56 Å². The maximum absolute atomic E-state index is 12.9. The second kappa shape index (κ2) is 7.59. The molecule has 0 saturated heterocycles. The number of esters is 1. The highest BCUT2D eigenvalue weighted by Gasteiger charge is 2.24. The number of hydrogen-bond acceptors (Lipinski definition) is 6. The van der Waals surface area contributed by atoms with E-state index in [1.807, 2.05) is 36.4 Å². The molecule has 2 heterocycles. The average molecular weight is 390 g/mol. The predicted octanol–water partition coefficient (Wildman–Crippen LogP) is 2.96. The van der Waals surface area contributed by atoms with Gasteiger partial charge in [0.25, 0.3) is 5.56 Å². The maximum Gasteiger partial charge on any atom is 0.359 e. The molecule has 0 atom stereocenters. The Morgan fingerprint density at radius 3 is 2.66 bits per heavy atom. The lowest BCUT2D eigenvalue weighted by atomic mass is 10.2. The van der Waals surface area contributed by atoms with Crippen LogP contribution in [0.25, 0.3) is 28.1 Å². The summed E-state index contributed by atoms with van der Waals surface area (Å²) in [6.07, 6.45) is 0. The summed E-state index contributed by atoms with van der Waals surface area (Å²) in [4.78, 5) is 32.7. The number of aromatic amines is 1. The first-order valence-corrected chi connectivity index (χ1v) is 9.02. The van der Waals surface area contributed by atoms with Crippen molar-refractivity contribution in [2.45, 2.75) is 6.92 Å². The molecule has 0 aliphatic carbocycles. The topological polar surface area (TPSA) is 99.1 Å². The van der Waals surface area contributed by atoms with Crippen LogP contribution in [0.5, 0.6) is 5.75 Å². The van der Waals surface area contributed by atoms with Crippen molar-refractivity contribution in [1.82, 2.24) is 19.7 Å². The van der Waals surface area contributed by atoms with Gasteiger partial charge in [0.1, 0.15) is 17.0 Å². The van der Waals surface area contributed by atoms with E-state index < -0.39 is 11.5 Å². The average Bonchev–Trinajstić information content (AvgIpc) is 3.15. The molecule has 0 unspecified atom stereocenters. The first-order valence-electron chi connectivity index (χ1n) is 9.02. The molecular weight excluding hydrogens is 372 g/mol. The third-order valence-electron chi connectivity index (χ3n) is 4.35. The van der Waals surface area contributed by atoms with Crippen molar-refractivity contribution in [3.05, 3.63) is 70.6 Å². The number of carbonyl (C=O) groups excluding carboxylic acids is 1. The first kappa shape index (κ1) is 18.4. The highest BCUT2D eigenvalue weighted by molar-refractivity contribution is 6.01. The highest BCUT2D eigenvalue weighted by atomic mass is 16.5. The van der Waals surface area contributed by atoms with Crippen LogP contribution in [0.1, 0.15) is 17.4 Å². The van der Waals surface area contributed by atoms with E-state index in [9.17, 15) is 9.59 Å². The lowest BCUT2D eigenvalue weighted by Crippen LogP contribution is -2.13. The van der Waals surface area contributed by atoms with Gasteiger partial charge in [-0.15, -0.1) is 0 Å². The summed E-state index contributed by atoms with van der Waals surface area (Å²) in [5.74, 6) is 0.302. The second-order valence-corrected chi connectivity index (χ2v) is 6.16. The fourth-order valence-corrected chi connectivity index (χ4v) is 3.02. The number of rotatable bonds is 5. The molecule has 4 rings (SSSR count). The van der Waals surface area contributed by atoms with Crippen molar-refractivity contribution in [3.63, 3.8) is 0 Å². The zero-order valence-electron chi connectivity index (χ0n) is 15.9. The van der Waals surface area contributed by atoms with Crippen LogP contribution in [0.2, 0.25) is 0 Å². The Morgan fingerprint density at radius 2 is 1.93 bits per heavy atom. The summed E-state index contributed by atoms with van der Waals surface area (Å²) in [7, 11) is 1.56. The lowest BCUT2D eigenvalue weighted by Gasteiger charge is -2.06. The Morgan fingerprint density at radius 1 is 1.14 bits per heavy atom. The molecule has 0 spiro atoms. The van der Waals surface area contributed by atoms with Crippen molar-refractivity contribution >= 4 is 17.0 Å². The van der Waals surface area contributed by atoms with Crippen molar-refractivity contribution in [1.29, 1.82) is 0 Å². The van der Waals surface area contributed by atoms with Crippen LogP contribution < -0.4 is 10.3 Å². The van der Waals surface area contributed by atoms with E-state index in [1.54, 1.807) is 32.2 Å². The Bertz CT molecular complexity index is 1240. The molecule has 146 valence electrons. The minimum absolute atomic E-state index is 0.0726. The number of nitrogens with zero attached hydrogens (tertiary/aromatic N) is 3. The maximum atomic E-state index is 12.9. The van der Waals surface area contributed by atoms with Crippen molar-refractivity contribution in [3.8, 4) is 22.8 Å². The van der Waals surface area contributed by atoms with E-state index >= 15 is 0 Å². The van der Waals surface area contributed by atoms with Crippen LogP contribution in [-0.4, -0.2) is 39.4 Å². The number of nitrogens with one attached hydrogen (secondary N) is 1. The standard InChI is InChI=1S/C21H18N4O4/c1-3-29-21(27)17-16-19(25(24-17)14-9-5-4-6-10-14)22-18(23-20(16)26)13-8-7-11-15(12-13)28-2/h4-12H,3H2,1-2H3,(H,22,23,26). The molecule has 8 nitrogen and oxygen atoms in total. The van der Waals surface area contributed by atoms with E-state index in [0.717, 1.165) is 0 Å². The summed E-state index contributed by atoms with van der Waals surface area (Å²) in [6.45, 7) is 1.86. The Hall–Kier alpha value is -3.94. The van der Waals surface area contributed by atoms with Crippen LogP contribution in [0.4, 0.5) is 0 Å². The van der Waals surface area contributed by atoms with E-state index in [0.29, 0.717) is 22.8 Å². The van der Waals surface area contributed by atoms with Crippen LogP contribution in [0.15, 0.2) is 59.4 Å². The minimum Gasteiger partial charge on any atom is -0.497 e. The molecule has 1 N–H and O–H groups in total. The summed E-state index contributed by atoms with van der Waals surface area (Å²) in [6, 6.07) is 16.3. The number of fused-ring (bicyclic) bond motifs is 1. The van der Waals surface area contributed by atoms with Crippen LogP contribution in [-0.2, 0) is 4.74 Å². The van der Waals surface area contributed by atoms with Crippen molar-refractivity contribution < 1.29 is 14.3 Å². The quantitative estimate of drug-likeness (QED) is 0.526. The minimum atomic E-state index is -0.673. The molecule has 0 bridgehead atoms. The van der Waals surface area contributed by atoms with Gasteiger partial charge in [-0.2, -0.15) is 5.10 Å². The fourth-order valence-electron chi connectivity index (χ4n) is 3.02. The Kier molecular flexibility index (Phi) is 4.82. The highest BCUT2D eigenvalue weighted by Crippen LogP contribution is 2.24. The van der Waals surface area contributed by atoms with Gasteiger partial charge in [0.2, 0.25) is 0 Å². The molecule has 0 saturated carbocycles. The number of ether oxygens (including phenoxy) is 2. The molecule has 0 amide bonds. The number of aromatic nitrogens is 4. The van der Waals surface area contributed by atoms with Gasteiger partial charge in [-0.05, 0) is 31.2 Å². The number of carbonyl (C=O) groups is 1. The molecule has 8 heteroatoms. The van der Waals surface area contributed by atoms with Crippen LogP contribution in [0, 0.1) is 0 Å². The molecule has 2 aromatic carbocycles. The van der Waals surface area contributed by atoms with Gasteiger partial charge in [-0.25, -0.2) is 14.5 Å². The predicted molar refractivity (Wildman–Crippen MR) is 107 cm³/mol. The molecule has 4 aromatic rings. The monoisotopic (exact) mass is 390 g/mol. The Labute approximate surface area is 165 Å². The third-order valence-corrected chi connectivity index (χ3v) is 4.35. The zero-order valence-corrected chi connectivity index (χ0v) is 15.9. The van der Waals surface area contributed by atoms with E-state index in [2.05, 4.69) is 15.1 Å².